The Labute approximate surface area is 142 Å². The zero-order valence-electron chi connectivity index (χ0n) is 13.8. The fraction of sp³-hybridized carbons (Fsp3) is 0.235. The minimum absolute atomic E-state index is 0.0613. The van der Waals surface area contributed by atoms with Gasteiger partial charge in [0.1, 0.15) is 0 Å². The molecule has 6 nitrogen and oxygen atoms in total. The van der Waals surface area contributed by atoms with Crippen molar-refractivity contribution < 1.29 is 18.0 Å². The highest BCUT2D eigenvalue weighted by Crippen LogP contribution is 2.19. The summed E-state index contributed by atoms with van der Waals surface area (Å²) in [6.07, 6.45) is 0. The maximum absolute atomic E-state index is 12.7. The molecule has 2 aromatic rings. The molecule has 2 aromatic carbocycles. The molecule has 0 N–H and O–H groups in total. The van der Waals surface area contributed by atoms with Gasteiger partial charge in [0.15, 0.2) is 0 Å². The molecule has 0 heterocycles. The Bertz CT molecular complexity index is 789. The second-order valence-corrected chi connectivity index (χ2v) is 6.94. The molecular formula is C17H20N2O4S. The first kappa shape index (κ1) is 18.1. The molecule has 2 rings (SSSR count). The van der Waals surface area contributed by atoms with Crippen LogP contribution in [0.3, 0.4) is 0 Å². The highest BCUT2D eigenvalue weighted by atomic mass is 32.2. The van der Waals surface area contributed by atoms with E-state index in [0.29, 0.717) is 12.1 Å². The number of nitrogens with zero attached hydrogens (tertiary/aromatic N) is 2. The van der Waals surface area contributed by atoms with E-state index in [4.69, 9.17) is 4.84 Å². The van der Waals surface area contributed by atoms with Crippen molar-refractivity contribution in [1.29, 1.82) is 0 Å². The quantitative estimate of drug-likeness (QED) is 0.753. The minimum Gasteiger partial charge on any atom is -0.309 e. The SMILES string of the molecule is CCN(C(=O)c1ccc(S(=O)(=O)N(C)OC)cc1)c1ccccc1. The Balaban J connectivity index is 2.29. The first-order valence-corrected chi connectivity index (χ1v) is 8.85. The number of benzene rings is 2. The number of sulfonamides is 1. The standard InChI is InChI=1S/C17H20N2O4S/c1-4-19(15-8-6-5-7-9-15)17(20)14-10-12-16(13-11-14)24(21,22)18(2)23-3/h5-13H,4H2,1-3H3. The fourth-order valence-corrected chi connectivity index (χ4v) is 3.20. The van der Waals surface area contributed by atoms with Crippen molar-refractivity contribution in [2.75, 3.05) is 25.6 Å². The van der Waals surface area contributed by atoms with Crippen molar-refractivity contribution >= 4 is 21.6 Å². The van der Waals surface area contributed by atoms with Crippen LogP contribution in [-0.2, 0) is 14.9 Å². The lowest BCUT2D eigenvalue weighted by Gasteiger charge is -2.21. The van der Waals surface area contributed by atoms with Crippen LogP contribution in [-0.4, -0.2) is 39.5 Å². The molecule has 1 amide bonds. The van der Waals surface area contributed by atoms with E-state index in [-0.39, 0.29) is 10.8 Å². The van der Waals surface area contributed by atoms with Crippen molar-refractivity contribution in [3.05, 3.63) is 60.2 Å². The van der Waals surface area contributed by atoms with Gasteiger partial charge in [-0.05, 0) is 43.3 Å². The van der Waals surface area contributed by atoms with Gasteiger partial charge < -0.3 is 4.90 Å². The third-order valence-corrected chi connectivity index (χ3v) is 5.32. The van der Waals surface area contributed by atoms with Crippen molar-refractivity contribution in [2.24, 2.45) is 0 Å². The minimum atomic E-state index is -3.72. The van der Waals surface area contributed by atoms with Crippen molar-refractivity contribution in [3.63, 3.8) is 0 Å². The molecule has 0 spiro atoms. The monoisotopic (exact) mass is 348 g/mol. The molecule has 24 heavy (non-hydrogen) atoms. The normalized spacial score (nSPS) is 11.5. The molecule has 0 bridgehead atoms. The van der Waals surface area contributed by atoms with E-state index in [1.807, 2.05) is 37.3 Å². The van der Waals surface area contributed by atoms with E-state index >= 15 is 0 Å². The van der Waals surface area contributed by atoms with E-state index < -0.39 is 10.0 Å². The third-order valence-electron chi connectivity index (χ3n) is 3.62. The van der Waals surface area contributed by atoms with Gasteiger partial charge >= 0.3 is 0 Å². The summed E-state index contributed by atoms with van der Waals surface area (Å²) in [5.74, 6) is -0.187. The van der Waals surface area contributed by atoms with Crippen LogP contribution < -0.4 is 4.90 Å². The number of hydroxylamine groups is 1. The average molecular weight is 348 g/mol. The van der Waals surface area contributed by atoms with Crippen LogP contribution in [0.1, 0.15) is 17.3 Å². The molecule has 0 aliphatic carbocycles. The second-order valence-electron chi connectivity index (χ2n) is 5.01. The van der Waals surface area contributed by atoms with Crippen molar-refractivity contribution in [3.8, 4) is 0 Å². The lowest BCUT2D eigenvalue weighted by atomic mass is 10.2. The lowest BCUT2D eigenvalue weighted by Crippen LogP contribution is -2.30. The summed E-state index contributed by atoms with van der Waals surface area (Å²) in [4.78, 5) is 19.1. The summed E-state index contributed by atoms with van der Waals surface area (Å²) in [5.41, 5.74) is 1.21. The molecule has 0 aromatic heterocycles. The van der Waals surface area contributed by atoms with Crippen LogP contribution in [0.4, 0.5) is 5.69 Å². The van der Waals surface area contributed by atoms with Crippen molar-refractivity contribution in [1.82, 2.24) is 4.47 Å². The first-order chi connectivity index (χ1) is 11.4. The Hall–Kier alpha value is -2.22. The summed E-state index contributed by atoms with van der Waals surface area (Å²) >= 11 is 0. The predicted molar refractivity (Wildman–Crippen MR) is 92.2 cm³/mol. The molecule has 0 fully saturated rings. The maximum Gasteiger partial charge on any atom is 0.264 e. The second kappa shape index (κ2) is 7.57. The number of amides is 1. The molecular weight excluding hydrogens is 328 g/mol. The Morgan fingerprint density at radius 3 is 2.12 bits per heavy atom. The van der Waals surface area contributed by atoms with Gasteiger partial charge in [0.05, 0.1) is 12.0 Å². The Morgan fingerprint density at radius 2 is 1.62 bits per heavy atom. The van der Waals surface area contributed by atoms with Crippen LogP contribution in [0.2, 0.25) is 0 Å². The number of carbonyl (C=O) groups is 1. The average Bonchev–Trinajstić information content (AvgIpc) is 2.62. The summed E-state index contributed by atoms with van der Waals surface area (Å²) < 4.78 is 25.1. The molecule has 0 aliphatic rings. The van der Waals surface area contributed by atoms with Crippen molar-refractivity contribution in [2.45, 2.75) is 11.8 Å². The first-order valence-electron chi connectivity index (χ1n) is 7.41. The molecule has 7 heteroatoms. The number of para-hydroxylation sites is 1. The van der Waals surface area contributed by atoms with Crippen LogP contribution in [0, 0.1) is 0 Å². The summed E-state index contributed by atoms with van der Waals surface area (Å²) in [5, 5.41) is 0. The zero-order valence-corrected chi connectivity index (χ0v) is 14.7. The van der Waals surface area contributed by atoms with Gasteiger partial charge in [-0.25, -0.2) is 8.42 Å². The van der Waals surface area contributed by atoms with Crippen LogP contribution in [0.25, 0.3) is 0 Å². The molecule has 0 atom stereocenters. The summed E-state index contributed by atoms with van der Waals surface area (Å²) in [6, 6.07) is 15.1. The largest absolute Gasteiger partial charge is 0.309 e. The molecule has 0 saturated carbocycles. The Morgan fingerprint density at radius 1 is 1.04 bits per heavy atom. The van der Waals surface area contributed by atoms with Gasteiger partial charge in [0.25, 0.3) is 15.9 Å². The highest BCUT2D eigenvalue weighted by molar-refractivity contribution is 7.89. The van der Waals surface area contributed by atoms with E-state index in [1.54, 1.807) is 4.90 Å². The van der Waals surface area contributed by atoms with Gasteiger partial charge in [-0.2, -0.15) is 0 Å². The highest BCUT2D eigenvalue weighted by Gasteiger charge is 2.22. The van der Waals surface area contributed by atoms with Gasteiger partial charge in [0, 0.05) is 24.8 Å². The van der Waals surface area contributed by atoms with Crippen LogP contribution >= 0.6 is 0 Å². The smallest absolute Gasteiger partial charge is 0.264 e. The Kier molecular flexibility index (Phi) is 5.71. The number of carbonyl (C=O) groups excluding carboxylic acids is 1. The molecule has 0 saturated heterocycles. The van der Waals surface area contributed by atoms with Crippen LogP contribution in [0.5, 0.6) is 0 Å². The molecule has 0 unspecified atom stereocenters. The number of hydrogen-bond donors (Lipinski definition) is 0. The van der Waals surface area contributed by atoms with Gasteiger partial charge in [-0.15, -0.1) is 0 Å². The predicted octanol–water partition coefficient (Wildman–Crippen LogP) is 2.54. The summed E-state index contributed by atoms with van der Waals surface area (Å²) in [7, 11) is -1.14. The van der Waals surface area contributed by atoms with Gasteiger partial charge in [-0.1, -0.05) is 22.7 Å². The van der Waals surface area contributed by atoms with E-state index in [2.05, 4.69) is 0 Å². The molecule has 0 radical (unpaired) electrons. The van der Waals surface area contributed by atoms with Gasteiger partial charge in [-0.3, -0.25) is 9.63 Å². The fourth-order valence-electron chi connectivity index (χ4n) is 2.22. The zero-order chi connectivity index (χ0) is 17.7. The molecule has 0 aliphatic heterocycles. The number of hydrogen-bond acceptors (Lipinski definition) is 4. The van der Waals surface area contributed by atoms with E-state index in [0.717, 1.165) is 10.2 Å². The van der Waals surface area contributed by atoms with E-state index in [1.165, 1.54) is 38.4 Å². The van der Waals surface area contributed by atoms with Gasteiger partial charge in [0.2, 0.25) is 0 Å². The lowest BCUT2D eigenvalue weighted by molar-refractivity contribution is -0.0258. The number of rotatable bonds is 6. The maximum atomic E-state index is 12.7. The topological polar surface area (TPSA) is 66.9 Å². The third kappa shape index (κ3) is 3.64. The van der Waals surface area contributed by atoms with Crippen LogP contribution in [0.15, 0.2) is 59.5 Å². The van der Waals surface area contributed by atoms with E-state index in [9.17, 15) is 13.2 Å². The summed E-state index contributed by atoms with van der Waals surface area (Å²) in [6.45, 7) is 2.40. The number of anilines is 1. The molecule has 128 valence electrons.